The molecule has 0 fully saturated rings. The lowest BCUT2D eigenvalue weighted by atomic mass is 10.1. The summed E-state index contributed by atoms with van der Waals surface area (Å²) in [5, 5.41) is 11.0. The average molecular weight is 414 g/mol. The second-order valence-corrected chi connectivity index (χ2v) is 7.27. The molecule has 0 amide bonds. The molecule has 1 aromatic heterocycles. The Morgan fingerprint density at radius 2 is 1.77 bits per heavy atom. The number of aliphatic hydroxyl groups is 1. The summed E-state index contributed by atoms with van der Waals surface area (Å²) in [4.78, 5) is 2.37. The van der Waals surface area contributed by atoms with Crippen LogP contribution in [0.1, 0.15) is 25.5 Å². The summed E-state index contributed by atoms with van der Waals surface area (Å²) in [6.45, 7) is 8.42. The quantitative estimate of drug-likeness (QED) is 0.500. The molecule has 0 aliphatic rings. The van der Waals surface area contributed by atoms with Gasteiger partial charge in [0.1, 0.15) is 23.7 Å². The molecule has 2 aromatic carbocycles. The fraction of sp³-hybridized carbons (Fsp3) is 0.435. The summed E-state index contributed by atoms with van der Waals surface area (Å²) < 4.78 is 14.8. The molecule has 1 heterocycles. The Bertz CT molecular complexity index is 982. The Labute approximate surface area is 178 Å². The molecule has 1 atom stereocenters. The van der Waals surface area contributed by atoms with Crippen LogP contribution in [0.15, 0.2) is 42.5 Å². The van der Waals surface area contributed by atoms with E-state index in [4.69, 9.17) is 15.2 Å². The van der Waals surface area contributed by atoms with E-state index in [0.717, 1.165) is 42.8 Å². The molecule has 0 saturated heterocycles. The number of ether oxygens (including phenoxy) is 2. The number of hydrogen-bond acceptors (Lipinski definition) is 5. The van der Waals surface area contributed by atoms with Gasteiger partial charge in [-0.15, -0.1) is 0 Å². The van der Waals surface area contributed by atoms with E-state index >= 15 is 0 Å². The van der Waals surface area contributed by atoms with Crippen molar-refractivity contribution in [1.82, 2.24) is 9.47 Å². The summed E-state index contributed by atoms with van der Waals surface area (Å²) in [6, 6.07) is 13.6. The van der Waals surface area contributed by atoms with Crippen molar-refractivity contribution >= 4 is 17.0 Å². The predicted octanol–water partition coefficient (Wildman–Crippen LogP) is 2.60. The average Bonchev–Trinajstić information content (AvgIpc) is 3.05. The SMILES string of the molecule is CCN(CC)CCn1c(N)[n+](C[C@@H](O)c2ccc(OC)c(OC)c2)c2ccccc21. The number of nitrogens with two attached hydrogens (primary N) is 1. The van der Waals surface area contributed by atoms with E-state index in [1.165, 1.54) is 0 Å². The molecule has 0 aliphatic carbocycles. The van der Waals surface area contributed by atoms with Crippen molar-refractivity contribution in [3.8, 4) is 11.5 Å². The van der Waals surface area contributed by atoms with Crippen LogP contribution < -0.4 is 19.8 Å². The lowest BCUT2D eigenvalue weighted by molar-refractivity contribution is -0.666. The van der Waals surface area contributed by atoms with Gasteiger partial charge in [-0.2, -0.15) is 0 Å². The van der Waals surface area contributed by atoms with Gasteiger partial charge in [-0.1, -0.05) is 32.0 Å². The summed E-state index contributed by atoms with van der Waals surface area (Å²) in [6.07, 6.45) is -0.737. The number of hydrogen-bond donors (Lipinski definition) is 2. The van der Waals surface area contributed by atoms with E-state index < -0.39 is 6.10 Å². The molecule has 0 radical (unpaired) electrons. The summed E-state index contributed by atoms with van der Waals surface area (Å²) in [7, 11) is 3.18. The molecule has 7 heteroatoms. The number of nitrogens with zero attached hydrogens (tertiary/aromatic N) is 3. The summed E-state index contributed by atoms with van der Waals surface area (Å²) in [5.74, 6) is 1.87. The number of para-hydroxylation sites is 2. The molecule has 0 spiro atoms. The van der Waals surface area contributed by atoms with Gasteiger partial charge in [0.15, 0.2) is 11.5 Å². The van der Waals surface area contributed by atoms with Crippen molar-refractivity contribution in [3.05, 3.63) is 48.0 Å². The van der Waals surface area contributed by atoms with E-state index in [1.807, 2.05) is 28.8 Å². The molecule has 162 valence electrons. The Kier molecular flexibility index (Phi) is 7.18. The molecular formula is C23H33N4O3+. The number of likely N-dealkylation sites (N-methyl/N-ethyl adjacent to an activating group) is 1. The highest BCUT2D eigenvalue weighted by atomic mass is 16.5. The maximum Gasteiger partial charge on any atom is 0.356 e. The molecule has 0 aliphatic heterocycles. The van der Waals surface area contributed by atoms with E-state index in [2.05, 4.69) is 29.4 Å². The molecular weight excluding hydrogens is 380 g/mol. The van der Waals surface area contributed by atoms with Crippen LogP contribution >= 0.6 is 0 Å². The van der Waals surface area contributed by atoms with E-state index in [1.54, 1.807) is 26.4 Å². The first-order valence-electron chi connectivity index (χ1n) is 10.4. The van der Waals surface area contributed by atoms with Gasteiger partial charge in [0.05, 0.1) is 20.8 Å². The van der Waals surface area contributed by atoms with Crippen LogP contribution in [0.2, 0.25) is 0 Å². The zero-order chi connectivity index (χ0) is 21.7. The van der Waals surface area contributed by atoms with Gasteiger partial charge < -0.3 is 19.5 Å². The van der Waals surface area contributed by atoms with Crippen molar-refractivity contribution in [2.75, 3.05) is 39.6 Å². The molecule has 3 N–H and O–H groups in total. The number of methoxy groups -OCH3 is 2. The van der Waals surface area contributed by atoms with Crippen LogP contribution in [-0.4, -0.2) is 48.4 Å². The highest BCUT2D eigenvalue weighted by molar-refractivity contribution is 5.73. The Morgan fingerprint density at radius 3 is 2.43 bits per heavy atom. The van der Waals surface area contributed by atoms with Gasteiger partial charge in [-0.25, -0.2) is 9.13 Å². The van der Waals surface area contributed by atoms with Crippen molar-refractivity contribution < 1.29 is 19.1 Å². The molecule has 30 heavy (non-hydrogen) atoms. The van der Waals surface area contributed by atoms with Gasteiger partial charge >= 0.3 is 5.95 Å². The van der Waals surface area contributed by atoms with Gasteiger partial charge in [0, 0.05) is 6.54 Å². The van der Waals surface area contributed by atoms with Gasteiger partial charge in [0.25, 0.3) is 0 Å². The predicted molar refractivity (Wildman–Crippen MR) is 119 cm³/mol. The Morgan fingerprint density at radius 1 is 1.07 bits per heavy atom. The first-order chi connectivity index (χ1) is 14.5. The minimum absolute atomic E-state index is 0.347. The minimum Gasteiger partial charge on any atom is -0.493 e. The highest BCUT2D eigenvalue weighted by Crippen LogP contribution is 2.30. The first kappa shape index (κ1) is 21.9. The number of benzene rings is 2. The maximum absolute atomic E-state index is 11.0. The Balaban J connectivity index is 1.91. The van der Waals surface area contributed by atoms with Crippen LogP contribution in [-0.2, 0) is 13.1 Å². The van der Waals surface area contributed by atoms with Crippen molar-refractivity contribution in [2.24, 2.45) is 0 Å². The van der Waals surface area contributed by atoms with E-state index in [-0.39, 0.29) is 0 Å². The van der Waals surface area contributed by atoms with E-state index in [9.17, 15) is 5.11 Å². The highest BCUT2D eigenvalue weighted by Gasteiger charge is 2.24. The number of nitrogen functional groups attached to an aromatic ring is 1. The summed E-state index contributed by atoms with van der Waals surface area (Å²) >= 11 is 0. The van der Waals surface area contributed by atoms with Crippen molar-refractivity contribution in [3.63, 3.8) is 0 Å². The lowest BCUT2D eigenvalue weighted by Crippen LogP contribution is -2.39. The summed E-state index contributed by atoms with van der Waals surface area (Å²) in [5.41, 5.74) is 9.39. The molecule has 3 aromatic rings. The van der Waals surface area contributed by atoms with Crippen LogP contribution in [0.3, 0.4) is 0 Å². The van der Waals surface area contributed by atoms with Gasteiger partial charge in [0.2, 0.25) is 0 Å². The third-order valence-corrected chi connectivity index (χ3v) is 5.70. The number of fused-ring (bicyclic) bond motifs is 1. The van der Waals surface area contributed by atoms with Crippen LogP contribution in [0, 0.1) is 0 Å². The maximum atomic E-state index is 11.0. The monoisotopic (exact) mass is 413 g/mol. The third kappa shape index (κ3) is 4.37. The van der Waals surface area contributed by atoms with E-state index in [0.29, 0.717) is 24.0 Å². The molecule has 0 saturated carbocycles. The minimum atomic E-state index is -0.737. The fourth-order valence-electron chi connectivity index (χ4n) is 3.86. The first-order valence-corrected chi connectivity index (χ1v) is 10.4. The molecule has 7 nitrogen and oxygen atoms in total. The topological polar surface area (TPSA) is 76.8 Å². The van der Waals surface area contributed by atoms with Crippen LogP contribution in [0.25, 0.3) is 11.0 Å². The molecule has 0 unspecified atom stereocenters. The number of imidazole rings is 1. The number of aromatic nitrogens is 2. The Hall–Kier alpha value is -2.77. The molecule has 3 rings (SSSR count). The normalized spacial score (nSPS) is 12.5. The second-order valence-electron chi connectivity index (χ2n) is 7.27. The number of anilines is 1. The van der Waals surface area contributed by atoms with Crippen molar-refractivity contribution in [2.45, 2.75) is 33.0 Å². The zero-order valence-electron chi connectivity index (χ0n) is 18.3. The number of rotatable bonds is 10. The van der Waals surface area contributed by atoms with Crippen LogP contribution in [0.5, 0.6) is 11.5 Å². The lowest BCUT2D eigenvalue weighted by Gasteiger charge is -2.17. The van der Waals surface area contributed by atoms with Crippen LogP contribution in [0.4, 0.5) is 5.95 Å². The fourth-order valence-corrected chi connectivity index (χ4v) is 3.86. The second kappa shape index (κ2) is 9.82. The van der Waals surface area contributed by atoms with Gasteiger partial charge in [-0.05, 0) is 42.9 Å². The molecule has 0 bridgehead atoms. The third-order valence-electron chi connectivity index (χ3n) is 5.70. The van der Waals surface area contributed by atoms with Crippen molar-refractivity contribution in [1.29, 1.82) is 0 Å². The smallest absolute Gasteiger partial charge is 0.356 e. The van der Waals surface area contributed by atoms with Gasteiger partial charge in [-0.3, -0.25) is 5.73 Å². The number of aliphatic hydroxyl groups excluding tert-OH is 1. The zero-order valence-corrected chi connectivity index (χ0v) is 18.3. The largest absolute Gasteiger partial charge is 0.493 e. The standard InChI is InChI=1S/C23H32N4O3/c1-5-25(6-2)13-14-26-18-9-7-8-10-19(18)27(23(26)24)16-20(28)17-11-12-21(29-3)22(15-17)30-4/h7-12,15,20,24,28H,5-6,13-14,16H2,1-4H3/p+1/t20-/m1/s1.